The van der Waals surface area contributed by atoms with Gasteiger partial charge in [-0.25, -0.2) is 127 Å². The molecule has 22 rings (SSSR count). The largest absolute Gasteiger partial charge is 0.444 e. The number of benzene rings is 3. The summed E-state index contributed by atoms with van der Waals surface area (Å²) in [6.45, 7) is 25.2. The van der Waals surface area contributed by atoms with Crippen LogP contribution in [-0.4, -0.2) is 163 Å². The van der Waals surface area contributed by atoms with Crippen LogP contribution in [0.1, 0.15) is 229 Å². The number of thioether (sulfide) groups is 2. The summed E-state index contributed by atoms with van der Waals surface area (Å²) in [4.78, 5) is 131. The predicted molar refractivity (Wildman–Crippen MR) is 567 cm³/mol. The number of fused-ring (bicyclic) bond motifs is 7. The van der Waals surface area contributed by atoms with Gasteiger partial charge in [-0.2, -0.15) is 9.97 Å². The van der Waals surface area contributed by atoms with Crippen molar-refractivity contribution in [1.82, 2.24) is 113 Å². The Balaban J connectivity index is 0.000000141. The molecule has 0 spiro atoms. The highest BCUT2D eigenvalue weighted by Crippen LogP contribution is 2.42. The Morgan fingerprint density at radius 3 is 1.17 bits per heavy atom. The molecule has 2 amide bonds. The topological polar surface area (TPSA) is 394 Å². The normalized spacial score (nSPS) is 15.0. The summed E-state index contributed by atoms with van der Waals surface area (Å²) < 4.78 is 135. The molecule has 0 atom stereocenters. The molecule has 3 aliphatic heterocycles. The van der Waals surface area contributed by atoms with Gasteiger partial charge in [0.2, 0.25) is 11.9 Å². The van der Waals surface area contributed by atoms with Gasteiger partial charge >= 0.3 is 12.2 Å². The molecular formula is C103H115BrCl2F8N26O8S2. The number of amides is 2. The third kappa shape index (κ3) is 25.3. The number of alkyl halides is 4. The molecule has 0 unspecified atom stereocenters. The number of nitrogen functional groups attached to an aromatic ring is 1. The fourth-order valence-corrected chi connectivity index (χ4v) is 18.1. The van der Waals surface area contributed by atoms with E-state index in [0.717, 1.165) is 117 Å². The van der Waals surface area contributed by atoms with Crippen LogP contribution in [0.5, 0.6) is 0 Å². The van der Waals surface area contributed by atoms with Crippen molar-refractivity contribution in [1.29, 1.82) is 0 Å². The number of anilines is 5. The minimum Gasteiger partial charge on any atom is -0.444 e. The van der Waals surface area contributed by atoms with Gasteiger partial charge in [0.1, 0.15) is 106 Å². The van der Waals surface area contributed by atoms with Crippen molar-refractivity contribution >= 4 is 150 Å². The Labute approximate surface area is 885 Å². The number of nitrogens with two attached hydrogens (primary N) is 1. The number of halogens is 11. The minimum atomic E-state index is -2.02. The van der Waals surface area contributed by atoms with Crippen LogP contribution in [0.25, 0.3) is 61.6 Å². The first kappa shape index (κ1) is 111. The molecule has 47 heteroatoms. The third-order valence-electron chi connectivity index (χ3n) is 24.8. The standard InChI is InChI=1S/C30H33F2N7O3.C25H25F2N7O.C17H17F2N5OS.C14H20N2O2.C9H10N4OS.C8H8BrF2N.2ClH/c1-29(2,3)42-28(41)37-13-12-17-14-19(7-6-18(17)16-37)34-27-33-15-21-25(36-27)39(38(26(21)40)20-8-9-20)23-11-10-22(31)24(35-23)30(4,5)32;1-25(2,27)21-19(26)7-8-20(31-21)34-22-18(23(35)33(34)17-5-6-17)13-29-24(32-22)30-16-4-3-15-12-28-10-9-14(15)11-16;1-17(2,19)13-11(18)6-7-12(21-13)24-14-10(8-20-16(22-14)26-3)15(25)23(24)9-4-5-9;1-14(2,3)18-13(17)16-7-6-10-8-12(15)5-4-11(10)9-16;1-15-9-10-4-6-7(11-9)12-13(8(6)14)5-2-3-5;1-8(2,11)7-5(10)3-4-6(9)12-7;;/h6-7,10-11,14-15,20H,8-9,12-13,16H2,1-5H3,(H,33,34,36);3-4,7-8,11,13,17,28H,5-6,9-10,12H2,1-2H3,(H,29,30,32);6-9H,4-5H2,1-3H3;4-5,8H,6-7,9,15H2,1-3H3;4-5H,2-3H2,1H3,(H,10,11,12);3-4H,1-2H3;2*1H. The molecule has 0 bridgehead atoms. The molecule has 4 saturated carbocycles. The molecule has 150 heavy (non-hydrogen) atoms. The predicted octanol–water partition coefficient (Wildman–Crippen LogP) is 20.9. The second-order valence-corrected chi connectivity index (χ2v) is 43.4. The van der Waals surface area contributed by atoms with Crippen molar-refractivity contribution in [3.8, 4) is 17.5 Å². The Bertz CT molecular complexity index is 7900. The third-order valence-corrected chi connectivity index (χ3v) is 26.4. The van der Waals surface area contributed by atoms with Crippen LogP contribution in [0, 0.1) is 23.3 Å². The van der Waals surface area contributed by atoms with Gasteiger partial charge in [-0.3, -0.25) is 24.3 Å². The van der Waals surface area contributed by atoms with E-state index in [1.54, 1.807) is 44.1 Å². The number of hydrogen-bond acceptors (Lipinski definition) is 26. The molecule has 794 valence electrons. The van der Waals surface area contributed by atoms with E-state index in [1.807, 2.05) is 96.5 Å². The number of aromatic amines is 1. The van der Waals surface area contributed by atoms with Crippen LogP contribution in [0.4, 0.5) is 73.7 Å². The number of nitrogens with one attached hydrogen (secondary N) is 4. The van der Waals surface area contributed by atoms with Gasteiger partial charge in [0, 0.05) is 74.6 Å². The number of hydrogen-bond donors (Lipinski definition) is 5. The number of carbonyl (C=O) groups is 2. The van der Waals surface area contributed by atoms with Crippen molar-refractivity contribution < 1.29 is 54.2 Å². The smallest absolute Gasteiger partial charge is 0.410 e. The van der Waals surface area contributed by atoms with Crippen LogP contribution in [0.3, 0.4) is 0 Å². The van der Waals surface area contributed by atoms with Crippen LogP contribution >= 0.6 is 64.3 Å². The average Bonchev–Trinajstić information content (AvgIpc) is 1.59. The minimum absolute atomic E-state index is 0. The molecule has 15 heterocycles. The Morgan fingerprint density at radius 1 is 0.420 bits per heavy atom. The number of carbonyl (C=O) groups excluding carboxylic acids is 2. The highest BCUT2D eigenvalue weighted by molar-refractivity contribution is 9.10. The summed E-state index contributed by atoms with van der Waals surface area (Å²) in [6, 6.07) is 28.5. The van der Waals surface area contributed by atoms with Gasteiger partial charge < -0.3 is 41.0 Å². The first-order chi connectivity index (χ1) is 69.9. The SMILES string of the molecule is CC(C)(C)OC(=O)N1CCc2cc(N)ccc2C1.CC(C)(C)OC(=O)N1CCc2cc(Nc3ncc4c(=O)n(C5CC5)n(-c5ccc(F)c(C(C)(C)F)n5)c4n3)ccc2C1.CC(C)(F)c1nc(-n2c3nc(Nc4ccc5c(c4)CCNC5)ncc3c(=O)n2C2CC2)ccc1F.CC(C)(F)c1nc(Br)ccc1F.CSc1ncc2c(=O)n(C3CC3)[nH]c2n1.CSc1ncc2c(=O)n(C3CC3)n(-c3ccc(F)c(C(C)(C)F)n3)c2n1.Cl.Cl. The van der Waals surface area contributed by atoms with Crippen molar-refractivity contribution in [2.45, 2.75) is 256 Å². The average molecular weight is 2210 g/mol. The van der Waals surface area contributed by atoms with E-state index in [9.17, 15) is 63.9 Å². The number of pyridine rings is 4. The Kier molecular flexibility index (Phi) is 32.5. The lowest BCUT2D eigenvalue weighted by Crippen LogP contribution is -2.39. The quantitative estimate of drug-likeness (QED) is 0.0186. The maximum atomic E-state index is 14.8. The van der Waals surface area contributed by atoms with E-state index in [-0.39, 0.29) is 135 Å². The van der Waals surface area contributed by atoms with Crippen molar-refractivity contribution in [3.63, 3.8) is 0 Å². The van der Waals surface area contributed by atoms with E-state index >= 15 is 0 Å². The van der Waals surface area contributed by atoms with Gasteiger partial charge in [-0.05, 0) is 321 Å². The lowest BCUT2D eigenvalue weighted by molar-refractivity contribution is 0.0214. The highest BCUT2D eigenvalue weighted by atomic mass is 79.9. The van der Waals surface area contributed by atoms with Gasteiger partial charge in [-0.1, -0.05) is 41.7 Å². The molecule has 6 N–H and O–H groups in total. The zero-order chi connectivity index (χ0) is 106. The summed E-state index contributed by atoms with van der Waals surface area (Å²) in [7, 11) is 0. The molecular weight excluding hydrogens is 2100 g/mol. The van der Waals surface area contributed by atoms with Gasteiger partial charge in [0.25, 0.3) is 22.2 Å². The molecule has 4 fully saturated rings. The number of aromatic nitrogens is 20. The molecule has 4 aliphatic carbocycles. The highest BCUT2D eigenvalue weighted by Gasteiger charge is 2.39. The van der Waals surface area contributed by atoms with Crippen LogP contribution in [0.15, 0.2) is 162 Å². The molecule has 0 saturated heterocycles. The number of nitrogens with zero attached hydrogens (tertiary/aromatic N) is 21. The van der Waals surface area contributed by atoms with E-state index in [2.05, 4.69) is 109 Å². The van der Waals surface area contributed by atoms with E-state index < -0.39 is 57.1 Å². The van der Waals surface area contributed by atoms with Crippen LogP contribution in [-0.2, 0) is 71.0 Å². The second-order valence-electron chi connectivity index (χ2n) is 41.0. The molecule has 3 aromatic carbocycles. The van der Waals surface area contributed by atoms with E-state index in [0.29, 0.717) is 92.6 Å². The zero-order valence-electron chi connectivity index (χ0n) is 85.2. The van der Waals surface area contributed by atoms with Crippen LogP contribution in [0.2, 0.25) is 0 Å². The lowest BCUT2D eigenvalue weighted by atomic mass is 9.99. The summed E-state index contributed by atoms with van der Waals surface area (Å²) >= 11 is 5.86. The monoisotopic (exact) mass is 2210 g/mol. The second kappa shape index (κ2) is 44.0. The fraction of sp³-hybridized carbons (Fsp3) is 0.417. The van der Waals surface area contributed by atoms with Crippen molar-refractivity contribution in [2.75, 3.05) is 48.5 Å². The Morgan fingerprint density at radius 2 is 0.780 bits per heavy atom. The zero-order valence-corrected chi connectivity index (χ0v) is 90.1. The van der Waals surface area contributed by atoms with Crippen molar-refractivity contribution in [3.05, 3.63) is 253 Å². The fourth-order valence-electron chi connectivity index (χ4n) is 17.1. The molecule has 7 aliphatic rings. The molecule has 12 aromatic heterocycles. The number of ether oxygens (including phenoxy) is 2. The maximum absolute atomic E-state index is 14.8. The Hall–Kier alpha value is -13.2. The summed E-state index contributed by atoms with van der Waals surface area (Å²) in [5.74, 6) is -1.58. The van der Waals surface area contributed by atoms with Gasteiger partial charge in [-0.15, -0.1) is 24.8 Å². The van der Waals surface area contributed by atoms with E-state index in [1.165, 1.54) is 161 Å². The molecule has 34 nitrogen and oxygen atoms in total. The molecule has 0 radical (unpaired) electrons. The summed E-state index contributed by atoms with van der Waals surface area (Å²) in [5.41, 5.74) is 6.23. The first-order valence-electron chi connectivity index (χ1n) is 48.4. The lowest BCUT2D eigenvalue weighted by Gasteiger charge is -2.31. The first-order valence-corrected chi connectivity index (χ1v) is 51.7. The van der Waals surface area contributed by atoms with Gasteiger partial charge in [0.05, 0.1) is 24.2 Å². The van der Waals surface area contributed by atoms with Crippen LogP contribution < -0.4 is 43.9 Å². The van der Waals surface area contributed by atoms with E-state index in [4.69, 9.17) is 15.2 Å². The summed E-state index contributed by atoms with van der Waals surface area (Å²) in [6.07, 6.45) is 18.8. The maximum Gasteiger partial charge on any atom is 0.410 e. The summed E-state index contributed by atoms with van der Waals surface area (Å²) in [5, 5.41) is 15.6. The number of H-pyrrole nitrogens is 1. The number of rotatable bonds is 17. The van der Waals surface area contributed by atoms with Crippen molar-refractivity contribution in [2.24, 2.45) is 0 Å². The molecule has 15 aromatic rings. The van der Waals surface area contributed by atoms with Gasteiger partial charge in [0.15, 0.2) is 50.4 Å².